The molecule has 264 valence electrons. The molecule has 6 rings (SSSR count). The molecule has 1 saturated carbocycles. The van der Waals surface area contributed by atoms with E-state index in [2.05, 4.69) is 55.4 Å². The lowest BCUT2D eigenvalue weighted by atomic mass is 9.49. The zero-order valence-corrected chi connectivity index (χ0v) is 29.6. The highest BCUT2D eigenvalue weighted by molar-refractivity contribution is 6.31. The Labute approximate surface area is 297 Å². The molecule has 11 nitrogen and oxygen atoms in total. The largest absolute Gasteiger partial charge is 0.489 e. The van der Waals surface area contributed by atoms with Crippen LogP contribution in [-0.4, -0.2) is 82.6 Å². The molecule has 3 N–H and O–H groups in total. The van der Waals surface area contributed by atoms with Gasteiger partial charge in [-0.2, -0.15) is 5.26 Å². The second kappa shape index (κ2) is 13.5. The van der Waals surface area contributed by atoms with Crippen molar-refractivity contribution in [2.45, 2.75) is 84.2 Å². The molecule has 4 fully saturated rings. The molecule has 50 heavy (non-hydrogen) atoms. The molecule has 3 heterocycles. The van der Waals surface area contributed by atoms with Crippen LogP contribution in [0.3, 0.4) is 0 Å². The van der Waals surface area contributed by atoms with Gasteiger partial charge in [-0.05, 0) is 68.6 Å². The molecule has 2 atom stereocenters. The quantitative estimate of drug-likeness (QED) is 0.345. The number of ether oxygens (including phenoxy) is 1. The monoisotopic (exact) mass is 701 g/mol. The number of likely N-dealkylation sites (tertiary alicyclic amines) is 2. The van der Waals surface area contributed by atoms with Crippen LogP contribution in [0.5, 0.6) is 5.75 Å². The summed E-state index contributed by atoms with van der Waals surface area (Å²) in [5.41, 5.74) is 0.405. The Morgan fingerprint density at radius 2 is 1.76 bits per heavy atom. The number of nitrogens with one attached hydrogen (secondary N) is 2. The second-order valence-corrected chi connectivity index (χ2v) is 15.7. The van der Waals surface area contributed by atoms with Crippen LogP contribution >= 0.6 is 11.6 Å². The number of hydrogen-bond donors (Lipinski definition) is 3. The molecule has 2 unspecified atom stereocenters. The van der Waals surface area contributed by atoms with Crippen molar-refractivity contribution in [3.05, 3.63) is 70.3 Å². The van der Waals surface area contributed by atoms with Crippen LogP contribution in [0.1, 0.15) is 81.3 Å². The Kier molecular flexibility index (Phi) is 9.59. The molecule has 2 aromatic rings. The van der Waals surface area contributed by atoms with Crippen molar-refractivity contribution in [2.24, 2.45) is 16.2 Å². The van der Waals surface area contributed by atoms with Crippen molar-refractivity contribution in [1.29, 1.82) is 5.26 Å². The van der Waals surface area contributed by atoms with Crippen LogP contribution in [0.15, 0.2) is 48.5 Å². The number of rotatable bonds is 8. The minimum absolute atomic E-state index is 0.125. The zero-order valence-electron chi connectivity index (χ0n) is 28.9. The third-order valence-electron chi connectivity index (χ3n) is 11.2. The van der Waals surface area contributed by atoms with Gasteiger partial charge < -0.3 is 20.5 Å². The van der Waals surface area contributed by atoms with Crippen LogP contribution in [0.4, 0.5) is 0 Å². The summed E-state index contributed by atoms with van der Waals surface area (Å²) in [4.78, 5) is 55.4. The van der Waals surface area contributed by atoms with Gasteiger partial charge in [0.05, 0.1) is 16.0 Å². The fourth-order valence-corrected chi connectivity index (χ4v) is 8.82. The van der Waals surface area contributed by atoms with Crippen LogP contribution < -0.4 is 15.4 Å². The van der Waals surface area contributed by atoms with Crippen molar-refractivity contribution in [2.75, 3.05) is 19.6 Å². The number of amides is 4. The van der Waals surface area contributed by atoms with Gasteiger partial charge in [0.15, 0.2) is 0 Å². The predicted molar refractivity (Wildman–Crippen MR) is 187 cm³/mol. The average molecular weight is 702 g/mol. The minimum atomic E-state index is -0.939. The van der Waals surface area contributed by atoms with Gasteiger partial charge in [-0.1, -0.05) is 63.6 Å². The number of piperidine rings is 2. The summed E-state index contributed by atoms with van der Waals surface area (Å²) >= 11 is 6.22. The molecule has 3 aliphatic heterocycles. The van der Waals surface area contributed by atoms with Crippen LogP contribution in [0.2, 0.25) is 5.02 Å². The number of aliphatic hydroxyl groups excluding tert-OH is 1. The number of carbonyl (C=O) groups is 4. The Balaban J connectivity index is 0.987. The number of hydrogen-bond acceptors (Lipinski definition) is 8. The van der Waals surface area contributed by atoms with E-state index in [0.717, 1.165) is 10.5 Å². The van der Waals surface area contributed by atoms with Crippen molar-refractivity contribution < 1.29 is 29.0 Å². The summed E-state index contributed by atoms with van der Waals surface area (Å²) in [6.45, 7) is 10.3. The van der Waals surface area contributed by atoms with E-state index < -0.39 is 23.6 Å². The fourth-order valence-electron chi connectivity index (χ4n) is 8.61. The Morgan fingerprint density at radius 1 is 1.08 bits per heavy atom. The SMILES string of the molecule is CC1(C)[C@H](NC(=O)c2ccc(/C=C/CN3CCC4(CC3)CC(=O)N(C3CCC(O)NC3=O)C4=O)cc2)C(C)(C)[C@H]1Oc1ccc(C#N)c(Cl)c1. The average Bonchev–Trinajstić information content (AvgIpc) is 3.31. The van der Waals surface area contributed by atoms with E-state index in [0.29, 0.717) is 60.8 Å². The van der Waals surface area contributed by atoms with Crippen molar-refractivity contribution >= 4 is 41.3 Å². The number of imide groups is 1. The first-order valence-corrected chi connectivity index (χ1v) is 17.6. The van der Waals surface area contributed by atoms with Gasteiger partial charge >= 0.3 is 0 Å². The third-order valence-corrected chi connectivity index (χ3v) is 11.5. The smallest absolute Gasteiger partial charge is 0.251 e. The summed E-state index contributed by atoms with van der Waals surface area (Å²) in [7, 11) is 0. The Morgan fingerprint density at radius 3 is 2.38 bits per heavy atom. The molecular formula is C38H44ClN5O6. The number of nitrogens with zero attached hydrogens (tertiary/aromatic N) is 3. The third kappa shape index (κ3) is 6.52. The van der Waals surface area contributed by atoms with Crippen LogP contribution in [-0.2, 0) is 14.4 Å². The highest BCUT2D eigenvalue weighted by Crippen LogP contribution is 2.55. The first-order valence-electron chi connectivity index (χ1n) is 17.2. The molecule has 1 spiro atoms. The van der Waals surface area contributed by atoms with Gasteiger partial charge in [0.2, 0.25) is 17.7 Å². The predicted octanol–water partition coefficient (Wildman–Crippen LogP) is 4.27. The lowest BCUT2D eigenvalue weighted by Gasteiger charge is -2.63. The molecule has 2 aromatic carbocycles. The lowest BCUT2D eigenvalue weighted by molar-refractivity contribution is -0.164. The summed E-state index contributed by atoms with van der Waals surface area (Å²) in [5.74, 6) is -0.616. The Bertz CT molecular complexity index is 1740. The standard InChI is InChI=1S/C38H44ClN5O6/c1-36(2)33(37(3,4)34(36)50-26-12-11-25(22-40)27(39)20-26)42-31(47)24-9-7-23(8-10-24)6-5-17-43-18-15-38(16-19-43)21-30(46)44(35(38)49)28-13-14-29(45)41-32(28)48/h5-12,20,28-29,33-34,45H,13-19,21H2,1-4H3,(H,41,48)(H,42,47)/b6-5+/t28?,29?,33-,34-. The second-order valence-electron chi connectivity index (χ2n) is 15.3. The van der Waals surface area contributed by atoms with Gasteiger partial charge in [-0.3, -0.25) is 29.0 Å². The van der Waals surface area contributed by atoms with E-state index in [1.165, 1.54) is 0 Å². The maximum atomic E-state index is 13.4. The maximum Gasteiger partial charge on any atom is 0.251 e. The molecule has 1 aliphatic carbocycles. The Hall–Kier alpha value is -4.24. The summed E-state index contributed by atoms with van der Waals surface area (Å²) in [5, 5.41) is 24.9. The number of halogens is 1. The summed E-state index contributed by atoms with van der Waals surface area (Å²) in [6.07, 6.45) is 4.73. The molecule has 0 aromatic heterocycles. The highest BCUT2D eigenvalue weighted by Gasteiger charge is 2.64. The lowest BCUT2D eigenvalue weighted by Crippen LogP contribution is -2.74. The molecule has 0 radical (unpaired) electrons. The molecule has 4 aliphatic rings. The minimum Gasteiger partial charge on any atom is -0.489 e. The number of aliphatic hydroxyl groups is 1. The first-order chi connectivity index (χ1) is 23.7. The molecule has 12 heteroatoms. The summed E-state index contributed by atoms with van der Waals surface area (Å²) in [6, 6.07) is 13.5. The molecule has 3 saturated heterocycles. The number of carbonyl (C=O) groups excluding carboxylic acids is 4. The van der Waals surface area contributed by atoms with Gasteiger partial charge in [0.1, 0.15) is 30.2 Å². The normalized spacial score (nSPS) is 27.1. The van der Waals surface area contributed by atoms with E-state index in [1.807, 2.05) is 30.3 Å². The van der Waals surface area contributed by atoms with E-state index in [1.54, 1.807) is 18.2 Å². The molecule has 4 amide bonds. The fraction of sp³-hybridized carbons (Fsp3) is 0.500. The van der Waals surface area contributed by atoms with E-state index in [-0.39, 0.29) is 53.5 Å². The van der Waals surface area contributed by atoms with Gasteiger partial charge in [-0.25, -0.2) is 0 Å². The van der Waals surface area contributed by atoms with E-state index in [9.17, 15) is 24.3 Å². The molecular weight excluding hydrogens is 658 g/mol. The van der Waals surface area contributed by atoms with Crippen molar-refractivity contribution in [3.63, 3.8) is 0 Å². The topological polar surface area (TPSA) is 152 Å². The molecule has 0 bridgehead atoms. The van der Waals surface area contributed by atoms with Crippen molar-refractivity contribution in [3.8, 4) is 11.8 Å². The van der Waals surface area contributed by atoms with Crippen LogP contribution in [0, 0.1) is 27.6 Å². The first kappa shape index (κ1) is 35.6. The summed E-state index contributed by atoms with van der Waals surface area (Å²) < 4.78 is 6.34. The number of nitriles is 1. The van der Waals surface area contributed by atoms with E-state index >= 15 is 0 Å². The highest BCUT2D eigenvalue weighted by atomic mass is 35.5. The van der Waals surface area contributed by atoms with Crippen molar-refractivity contribution in [1.82, 2.24) is 20.4 Å². The van der Waals surface area contributed by atoms with Gasteiger partial charge in [0, 0.05) is 41.5 Å². The number of benzene rings is 2. The zero-order chi connectivity index (χ0) is 36.0. The van der Waals surface area contributed by atoms with Gasteiger partial charge in [-0.15, -0.1) is 0 Å². The maximum absolute atomic E-state index is 13.4. The van der Waals surface area contributed by atoms with Gasteiger partial charge in [0.25, 0.3) is 5.91 Å². The van der Waals surface area contributed by atoms with E-state index in [4.69, 9.17) is 21.6 Å². The van der Waals surface area contributed by atoms with Crippen LogP contribution in [0.25, 0.3) is 6.08 Å².